The van der Waals surface area contributed by atoms with Gasteiger partial charge in [0.25, 0.3) is 0 Å². The van der Waals surface area contributed by atoms with Gasteiger partial charge in [-0.2, -0.15) is 5.10 Å². The van der Waals surface area contributed by atoms with Crippen molar-refractivity contribution in [3.8, 4) is 0 Å². The number of nitrogens with zero attached hydrogens (tertiary/aromatic N) is 2. The maximum absolute atomic E-state index is 4.59. The fourth-order valence-electron chi connectivity index (χ4n) is 2.73. The molecule has 0 radical (unpaired) electrons. The Labute approximate surface area is 122 Å². The fraction of sp³-hybridized carbons (Fsp3) is 0.471. The number of nitrogens with one attached hydrogen (secondary N) is 1. The summed E-state index contributed by atoms with van der Waals surface area (Å²) < 4.78 is 1.92. The van der Waals surface area contributed by atoms with Crippen molar-refractivity contribution in [1.29, 1.82) is 0 Å². The molecular weight excluding hydrogens is 246 g/mol. The average molecular weight is 271 g/mol. The zero-order valence-electron chi connectivity index (χ0n) is 13.2. The number of hydrogen-bond acceptors (Lipinski definition) is 2. The smallest absolute Gasteiger partial charge is 0.0673 e. The second kappa shape index (κ2) is 6.23. The van der Waals surface area contributed by atoms with Gasteiger partial charge in [-0.3, -0.25) is 4.68 Å². The van der Waals surface area contributed by atoms with Gasteiger partial charge in [-0.1, -0.05) is 37.6 Å². The molecule has 0 bridgehead atoms. The van der Waals surface area contributed by atoms with E-state index in [4.69, 9.17) is 0 Å². The Kier molecular flexibility index (Phi) is 4.61. The summed E-state index contributed by atoms with van der Waals surface area (Å²) in [6.45, 7) is 9.59. The molecular formula is C17H25N3. The summed E-state index contributed by atoms with van der Waals surface area (Å²) in [5.74, 6) is 0. The third kappa shape index (κ3) is 2.93. The van der Waals surface area contributed by atoms with Crippen LogP contribution in [0.5, 0.6) is 0 Å². The fourth-order valence-corrected chi connectivity index (χ4v) is 2.73. The van der Waals surface area contributed by atoms with Crippen molar-refractivity contribution >= 4 is 0 Å². The minimum atomic E-state index is 0.226. The summed E-state index contributed by atoms with van der Waals surface area (Å²) in [5, 5.41) is 8.20. The van der Waals surface area contributed by atoms with E-state index in [1.165, 1.54) is 27.9 Å². The van der Waals surface area contributed by atoms with E-state index in [1.807, 2.05) is 11.7 Å². The molecule has 1 atom stereocenters. The van der Waals surface area contributed by atoms with E-state index in [0.717, 1.165) is 13.0 Å². The Balaban J connectivity index is 2.52. The highest BCUT2D eigenvalue weighted by Gasteiger charge is 2.20. The lowest BCUT2D eigenvalue weighted by atomic mass is 9.93. The van der Waals surface area contributed by atoms with E-state index in [2.05, 4.69) is 62.5 Å². The summed E-state index contributed by atoms with van der Waals surface area (Å²) in [6.07, 6.45) is 3.11. The van der Waals surface area contributed by atoms with E-state index < -0.39 is 0 Å². The van der Waals surface area contributed by atoms with E-state index in [-0.39, 0.29) is 6.04 Å². The van der Waals surface area contributed by atoms with Gasteiger partial charge in [-0.05, 0) is 37.9 Å². The highest BCUT2D eigenvalue weighted by atomic mass is 15.3. The second-order valence-electron chi connectivity index (χ2n) is 5.41. The van der Waals surface area contributed by atoms with Gasteiger partial charge in [0.15, 0.2) is 0 Å². The van der Waals surface area contributed by atoms with E-state index in [0.29, 0.717) is 0 Å². The third-order valence-electron chi connectivity index (χ3n) is 3.74. The Morgan fingerprint density at radius 2 is 1.95 bits per heavy atom. The first-order valence-corrected chi connectivity index (χ1v) is 7.39. The molecule has 0 aliphatic heterocycles. The molecule has 0 saturated heterocycles. The van der Waals surface area contributed by atoms with Crippen molar-refractivity contribution in [3.63, 3.8) is 0 Å². The largest absolute Gasteiger partial charge is 0.306 e. The lowest BCUT2D eigenvalue weighted by Gasteiger charge is -2.21. The van der Waals surface area contributed by atoms with Crippen LogP contribution in [-0.2, 0) is 13.5 Å². The molecule has 3 nitrogen and oxygen atoms in total. The van der Waals surface area contributed by atoms with Gasteiger partial charge < -0.3 is 5.32 Å². The monoisotopic (exact) mass is 271 g/mol. The quantitative estimate of drug-likeness (QED) is 0.904. The number of hydrogen-bond donors (Lipinski definition) is 1. The third-order valence-corrected chi connectivity index (χ3v) is 3.74. The number of benzene rings is 1. The van der Waals surface area contributed by atoms with Crippen molar-refractivity contribution in [3.05, 3.63) is 52.3 Å². The Bertz CT molecular complexity index is 584. The molecule has 0 amide bonds. The molecule has 1 N–H and O–H groups in total. The summed E-state index contributed by atoms with van der Waals surface area (Å²) in [4.78, 5) is 0. The molecule has 1 aromatic carbocycles. The van der Waals surface area contributed by atoms with Crippen LogP contribution in [0.2, 0.25) is 0 Å². The van der Waals surface area contributed by atoms with Crippen LogP contribution in [0.4, 0.5) is 0 Å². The molecule has 0 spiro atoms. The maximum Gasteiger partial charge on any atom is 0.0673 e. The van der Waals surface area contributed by atoms with Crippen molar-refractivity contribution in [2.24, 2.45) is 7.05 Å². The SMILES string of the molecule is CCNC(c1cc(C)ccc1C)c1cn(C)nc1CC. The number of rotatable bonds is 5. The first-order chi connectivity index (χ1) is 9.56. The van der Waals surface area contributed by atoms with Gasteiger partial charge in [0.05, 0.1) is 11.7 Å². The molecule has 3 heteroatoms. The van der Waals surface area contributed by atoms with Gasteiger partial charge >= 0.3 is 0 Å². The average Bonchev–Trinajstić information content (AvgIpc) is 2.80. The van der Waals surface area contributed by atoms with Crippen molar-refractivity contribution in [2.45, 2.75) is 40.2 Å². The van der Waals surface area contributed by atoms with Crippen molar-refractivity contribution in [2.75, 3.05) is 6.54 Å². The van der Waals surface area contributed by atoms with Crippen molar-refractivity contribution < 1.29 is 0 Å². The maximum atomic E-state index is 4.59. The van der Waals surface area contributed by atoms with Crippen LogP contribution in [0.15, 0.2) is 24.4 Å². The molecule has 0 saturated carbocycles. The highest BCUT2D eigenvalue weighted by Crippen LogP contribution is 2.28. The Hall–Kier alpha value is -1.61. The van der Waals surface area contributed by atoms with Crippen LogP contribution >= 0.6 is 0 Å². The summed E-state index contributed by atoms with van der Waals surface area (Å²) >= 11 is 0. The molecule has 0 aliphatic rings. The van der Waals surface area contributed by atoms with E-state index >= 15 is 0 Å². The minimum Gasteiger partial charge on any atom is -0.306 e. The van der Waals surface area contributed by atoms with Crippen LogP contribution < -0.4 is 5.32 Å². The molecule has 0 aliphatic carbocycles. The molecule has 1 unspecified atom stereocenters. The standard InChI is InChI=1S/C17H25N3/c1-6-16-15(11-20(5)19-16)17(18-7-2)14-10-12(3)8-9-13(14)4/h8-11,17-18H,6-7H2,1-5H3. The van der Waals surface area contributed by atoms with Gasteiger partial charge in [0.2, 0.25) is 0 Å². The molecule has 2 rings (SSSR count). The highest BCUT2D eigenvalue weighted by molar-refractivity contribution is 5.40. The Morgan fingerprint density at radius 1 is 1.20 bits per heavy atom. The van der Waals surface area contributed by atoms with Crippen LogP contribution in [0.1, 0.15) is 47.8 Å². The first-order valence-electron chi connectivity index (χ1n) is 7.39. The second-order valence-corrected chi connectivity index (χ2v) is 5.41. The van der Waals surface area contributed by atoms with Crippen molar-refractivity contribution in [1.82, 2.24) is 15.1 Å². The van der Waals surface area contributed by atoms with E-state index in [1.54, 1.807) is 0 Å². The zero-order chi connectivity index (χ0) is 14.7. The lowest BCUT2D eigenvalue weighted by molar-refractivity contribution is 0.622. The summed E-state index contributed by atoms with van der Waals surface area (Å²) in [6, 6.07) is 6.89. The first kappa shape index (κ1) is 14.8. The minimum absolute atomic E-state index is 0.226. The normalized spacial score (nSPS) is 12.7. The van der Waals surface area contributed by atoms with Gasteiger partial charge in [0, 0.05) is 18.8 Å². The summed E-state index contributed by atoms with van der Waals surface area (Å²) in [5.41, 5.74) is 6.46. The zero-order valence-corrected chi connectivity index (χ0v) is 13.2. The van der Waals surface area contributed by atoms with Gasteiger partial charge in [-0.25, -0.2) is 0 Å². The number of aryl methyl sites for hydroxylation is 4. The number of aromatic nitrogens is 2. The molecule has 1 aromatic heterocycles. The topological polar surface area (TPSA) is 29.9 Å². The Morgan fingerprint density at radius 3 is 2.60 bits per heavy atom. The van der Waals surface area contributed by atoms with Gasteiger partial charge in [-0.15, -0.1) is 0 Å². The molecule has 0 fully saturated rings. The van der Waals surface area contributed by atoms with Gasteiger partial charge in [0.1, 0.15) is 0 Å². The van der Waals surface area contributed by atoms with Crippen LogP contribution in [0.3, 0.4) is 0 Å². The molecule has 20 heavy (non-hydrogen) atoms. The van der Waals surface area contributed by atoms with Crippen LogP contribution in [0.25, 0.3) is 0 Å². The molecule has 1 heterocycles. The van der Waals surface area contributed by atoms with Crippen LogP contribution in [0, 0.1) is 13.8 Å². The molecule has 108 valence electrons. The predicted molar refractivity (Wildman–Crippen MR) is 84.0 cm³/mol. The van der Waals surface area contributed by atoms with Crippen LogP contribution in [-0.4, -0.2) is 16.3 Å². The van der Waals surface area contributed by atoms with E-state index in [9.17, 15) is 0 Å². The predicted octanol–water partition coefficient (Wildman–Crippen LogP) is 3.30. The molecule has 2 aromatic rings. The lowest BCUT2D eigenvalue weighted by Crippen LogP contribution is -2.23. The summed E-state index contributed by atoms with van der Waals surface area (Å²) in [7, 11) is 1.99.